The van der Waals surface area contributed by atoms with Crippen molar-refractivity contribution >= 4 is 17.7 Å². The van der Waals surface area contributed by atoms with Gasteiger partial charge in [-0.05, 0) is 61.5 Å². The van der Waals surface area contributed by atoms with Crippen molar-refractivity contribution in [2.75, 3.05) is 11.5 Å². The largest absolute Gasteiger partial charge is 0.481 e. The van der Waals surface area contributed by atoms with Crippen molar-refractivity contribution in [1.29, 1.82) is 0 Å². The molecular formula is C23H32O4S. The van der Waals surface area contributed by atoms with Gasteiger partial charge in [0.25, 0.3) is 0 Å². The molecule has 1 aromatic rings. The van der Waals surface area contributed by atoms with Crippen LogP contribution in [0, 0.1) is 11.8 Å². The van der Waals surface area contributed by atoms with Crippen molar-refractivity contribution in [2.24, 2.45) is 11.8 Å². The van der Waals surface area contributed by atoms with E-state index < -0.39 is 12.1 Å². The van der Waals surface area contributed by atoms with Crippen LogP contribution in [0.1, 0.15) is 44.1 Å². The van der Waals surface area contributed by atoms with E-state index in [1.54, 1.807) is 0 Å². The second-order valence-corrected chi connectivity index (χ2v) is 9.13. The zero-order valence-electron chi connectivity index (χ0n) is 16.4. The van der Waals surface area contributed by atoms with Gasteiger partial charge in [0.1, 0.15) is 0 Å². The van der Waals surface area contributed by atoms with Gasteiger partial charge in [0.15, 0.2) is 0 Å². The number of fused-ring (bicyclic) bond motifs is 2. The number of aryl methyl sites for hydroxylation is 1. The highest BCUT2D eigenvalue weighted by atomic mass is 32.2. The Balaban J connectivity index is 1.42. The summed E-state index contributed by atoms with van der Waals surface area (Å²) < 4.78 is 6.15. The van der Waals surface area contributed by atoms with Gasteiger partial charge in [-0.1, -0.05) is 42.5 Å². The lowest BCUT2D eigenvalue weighted by molar-refractivity contribution is -0.137. The highest BCUT2D eigenvalue weighted by Crippen LogP contribution is 2.46. The molecule has 1 aromatic carbocycles. The van der Waals surface area contributed by atoms with E-state index in [4.69, 9.17) is 9.84 Å². The first kappa shape index (κ1) is 21.4. The predicted octanol–water partition coefficient (Wildman–Crippen LogP) is 4.32. The van der Waals surface area contributed by atoms with Crippen LogP contribution in [0.15, 0.2) is 42.5 Å². The molecule has 5 atom stereocenters. The van der Waals surface area contributed by atoms with E-state index in [-0.39, 0.29) is 6.42 Å². The Morgan fingerprint density at radius 2 is 2.00 bits per heavy atom. The molecule has 2 saturated heterocycles. The number of hydrogen-bond donors (Lipinski definition) is 2. The number of aliphatic hydroxyl groups excluding tert-OH is 1. The summed E-state index contributed by atoms with van der Waals surface area (Å²) in [6, 6.07) is 10.3. The van der Waals surface area contributed by atoms with Gasteiger partial charge in [-0.2, -0.15) is 11.8 Å². The molecule has 0 saturated carbocycles. The van der Waals surface area contributed by atoms with Crippen molar-refractivity contribution in [1.82, 2.24) is 0 Å². The van der Waals surface area contributed by atoms with Crippen LogP contribution in [0.25, 0.3) is 0 Å². The Morgan fingerprint density at radius 3 is 2.79 bits per heavy atom. The lowest BCUT2D eigenvalue weighted by atomic mass is 9.77. The van der Waals surface area contributed by atoms with Crippen LogP contribution >= 0.6 is 11.8 Å². The molecule has 4 nitrogen and oxygen atoms in total. The average Bonchev–Trinajstić information content (AvgIpc) is 3.30. The SMILES string of the molecule is O=C(O)CCCSCC[C@@H]1[C@H](C=CC(O)CCc2ccccc2)[C@@H]2CC[C@H]1O2. The number of carboxylic acid groups (broad SMARTS) is 1. The molecule has 2 aliphatic heterocycles. The average molecular weight is 405 g/mol. The van der Waals surface area contributed by atoms with Gasteiger partial charge >= 0.3 is 5.97 Å². The van der Waals surface area contributed by atoms with Crippen LogP contribution in [0.3, 0.4) is 0 Å². The number of hydrogen-bond acceptors (Lipinski definition) is 4. The fourth-order valence-electron chi connectivity index (χ4n) is 4.41. The third-order valence-corrected chi connectivity index (χ3v) is 6.99. The summed E-state index contributed by atoms with van der Waals surface area (Å²) in [7, 11) is 0. The Bertz CT molecular complexity index is 633. The normalized spacial score (nSPS) is 27.5. The zero-order valence-corrected chi connectivity index (χ0v) is 17.2. The molecule has 2 bridgehead atoms. The summed E-state index contributed by atoms with van der Waals surface area (Å²) in [6.07, 6.45) is 10.5. The summed E-state index contributed by atoms with van der Waals surface area (Å²) in [5.74, 6) is 2.19. The molecule has 2 aliphatic rings. The van der Waals surface area contributed by atoms with Gasteiger partial charge in [0.2, 0.25) is 0 Å². The lowest BCUT2D eigenvalue weighted by Gasteiger charge is -2.25. The van der Waals surface area contributed by atoms with Gasteiger partial charge in [0, 0.05) is 12.3 Å². The summed E-state index contributed by atoms with van der Waals surface area (Å²) in [4.78, 5) is 10.6. The van der Waals surface area contributed by atoms with Crippen molar-refractivity contribution in [3.63, 3.8) is 0 Å². The number of benzene rings is 1. The second-order valence-electron chi connectivity index (χ2n) is 7.91. The van der Waals surface area contributed by atoms with Gasteiger partial charge < -0.3 is 14.9 Å². The van der Waals surface area contributed by atoms with Crippen molar-refractivity contribution in [3.05, 3.63) is 48.0 Å². The van der Waals surface area contributed by atoms with Crippen LogP contribution in [-0.2, 0) is 16.0 Å². The third-order valence-electron chi connectivity index (χ3n) is 5.89. The number of carbonyl (C=O) groups is 1. The summed E-state index contributed by atoms with van der Waals surface area (Å²) in [5.41, 5.74) is 1.26. The molecule has 2 N–H and O–H groups in total. The first-order valence-corrected chi connectivity index (χ1v) is 11.6. The van der Waals surface area contributed by atoms with Crippen molar-refractivity contribution in [2.45, 2.75) is 63.3 Å². The van der Waals surface area contributed by atoms with Crippen molar-refractivity contribution < 1.29 is 19.7 Å². The third kappa shape index (κ3) is 6.36. The van der Waals surface area contributed by atoms with E-state index >= 15 is 0 Å². The van der Waals surface area contributed by atoms with E-state index in [1.807, 2.05) is 36.0 Å². The molecule has 2 fully saturated rings. The van der Waals surface area contributed by atoms with Gasteiger partial charge in [0.05, 0.1) is 18.3 Å². The van der Waals surface area contributed by atoms with Gasteiger partial charge in [-0.3, -0.25) is 4.79 Å². The molecule has 28 heavy (non-hydrogen) atoms. The number of carboxylic acids is 1. The first-order valence-electron chi connectivity index (χ1n) is 10.5. The van der Waals surface area contributed by atoms with E-state index in [0.29, 0.717) is 24.0 Å². The Morgan fingerprint density at radius 1 is 1.21 bits per heavy atom. The van der Waals surface area contributed by atoms with E-state index in [0.717, 1.165) is 50.0 Å². The molecule has 1 unspecified atom stereocenters. The minimum Gasteiger partial charge on any atom is -0.481 e. The standard InChI is InChI=1S/C23H32O4S/c24-18(9-8-17-5-2-1-3-6-17)10-11-19-20(22-13-12-21(19)27-22)14-16-28-15-4-7-23(25)26/h1-3,5-6,10-11,18-22,24H,4,7-9,12-16H2,(H,25,26)/t18?,19-,20+,21-,22+/m0/s1. The molecule has 3 rings (SSSR count). The van der Waals surface area contributed by atoms with Crippen LogP contribution in [0.4, 0.5) is 0 Å². The Kier molecular flexibility index (Phi) is 8.44. The van der Waals surface area contributed by atoms with Crippen LogP contribution in [-0.4, -0.2) is 46.0 Å². The van der Waals surface area contributed by atoms with Crippen LogP contribution in [0.5, 0.6) is 0 Å². The predicted molar refractivity (Wildman–Crippen MR) is 114 cm³/mol. The number of ether oxygens (including phenoxy) is 1. The fourth-order valence-corrected chi connectivity index (χ4v) is 5.41. The highest BCUT2D eigenvalue weighted by Gasteiger charge is 2.47. The monoisotopic (exact) mass is 404 g/mol. The molecule has 0 radical (unpaired) electrons. The molecule has 0 spiro atoms. The topological polar surface area (TPSA) is 66.8 Å². The molecule has 2 heterocycles. The maximum Gasteiger partial charge on any atom is 0.303 e. The summed E-state index contributed by atoms with van der Waals surface area (Å²) in [6.45, 7) is 0. The van der Waals surface area contributed by atoms with E-state index in [9.17, 15) is 9.90 Å². The second kappa shape index (κ2) is 11.0. The number of aliphatic carboxylic acids is 1. The molecule has 0 aliphatic carbocycles. The quantitative estimate of drug-likeness (QED) is 0.401. The van der Waals surface area contributed by atoms with E-state index in [2.05, 4.69) is 18.2 Å². The molecule has 0 aromatic heterocycles. The Hall–Kier alpha value is -1.30. The first-order chi connectivity index (χ1) is 13.6. The molecule has 5 heteroatoms. The maximum absolute atomic E-state index is 10.6. The lowest BCUT2D eigenvalue weighted by Crippen LogP contribution is -2.26. The van der Waals surface area contributed by atoms with Crippen LogP contribution in [0.2, 0.25) is 0 Å². The zero-order chi connectivity index (χ0) is 19.8. The minimum atomic E-state index is -0.710. The summed E-state index contributed by atoms with van der Waals surface area (Å²) in [5, 5.41) is 19.1. The highest BCUT2D eigenvalue weighted by molar-refractivity contribution is 7.99. The molecular weight excluding hydrogens is 372 g/mol. The Labute approximate surface area is 172 Å². The van der Waals surface area contributed by atoms with Crippen LogP contribution < -0.4 is 0 Å². The van der Waals surface area contributed by atoms with E-state index in [1.165, 1.54) is 5.56 Å². The number of thioether (sulfide) groups is 1. The van der Waals surface area contributed by atoms with Gasteiger partial charge in [-0.15, -0.1) is 0 Å². The molecule has 0 amide bonds. The van der Waals surface area contributed by atoms with Crippen molar-refractivity contribution in [3.8, 4) is 0 Å². The fraction of sp³-hybridized carbons (Fsp3) is 0.609. The summed E-state index contributed by atoms with van der Waals surface area (Å²) >= 11 is 1.85. The number of rotatable bonds is 12. The smallest absolute Gasteiger partial charge is 0.303 e. The number of aliphatic hydroxyl groups is 1. The maximum atomic E-state index is 10.6. The minimum absolute atomic E-state index is 0.260. The molecule has 154 valence electrons. The van der Waals surface area contributed by atoms with Gasteiger partial charge in [-0.25, -0.2) is 0 Å².